The Morgan fingerprint density at radius 2 is 1.61 bits per heavy atom. The summed E-state index contributed by atoms with van der Waals surface area (Å²) < 4.78 is 6.20. The van der Waals surface area contributed by atoms with Gasteiger partial charge in [-0.2, -0.15) is 0 Å². The largest absolute Gasteiger partial charge is 0.449 e. The molecule has 0 radical (unpaired) electrons. The lowest BCUT2D eigenvalue weighted by molar-refractivity contribution is -0.117. The number of ether oxygens (including phenoxy) is 1. The smallest absolute Gasteiger partial charge is 0.296 e. The number of amides is 1. The summed E-state index contributed by atoms with van der Waals surface area (Å²) >= 11 is 0. The molecule has 28 heavy (non-hydrogen) atoms. The lowest BCUT2D eigenvalue weighted by Gasteiger charge is -2.33. The van der Waals surface area contributed by atoms with Crippen molar-refractivity contribution >= 4 is 11.6 Å². The van der Waals surface area contributed by atoms with Gasteiger partial charge in [-0.1, -0.05) is 42.5 Å². The highest BCUT2D eigenvalue weighted by molar-refractivity contribution is 6.05. The summed E-state index contributed by atoms with van der Waals surface area (Å²) in [7, 11) is 0. The molecule has 0 bridgehead atoms. The Kier molecular flexibility index (Phi) is 6.53. The van der Waals surface area contributed by atoms with E-state index in [9.17, 15) is 4.79 Å². The first-order chi connectivity index (χ1) is 13.7. The average Bonchev–Trinajstić information content (AvgIpc) is 2.73. The van der Waals surface area contributed by atoms with Gasteiger partial charge < -0.3 is 14.5 Å². The number of para-hydroxylation sites is 2. The maximum absolute atomic E-state index is 13.7. The third-order valence-corrected chi connectivity index (χ3v) is 4.94. The predicted molar refractivity (Wildman–Crippen MR) is 114 cm³/mol. The molecule has 3 rings (SSSR count). The molecule has 0 aromatic heterocycles. The molecule has 1 atom stereocenters. The monoisotopic (exact) mass is 376 g/mol. The van der Waals surface area contributed by atoms with E-state index in [1.165, 1.54) is 0 Å². The zero-order chi connectivity index (χ0) is 19.9. The lowest BCUT2D eigenvalue weighted by Crippen LogP contribution is -2.42. The van der Waals surface area contributed by atoms with E-state index < -0.39 is 0 Å². The molecule has 1 aliphatic heterocycles. The quantitative estimate of drug-likeness (QED) is 0.711. The molecule has 1 aliphatic rings. The van der Waals surface area contributed by atoms with E-state index in [4.69, 9.17) is 4.74 Å². The molecule has 1 unspecified atom stereocenters. The molecule has 0 saturated carbocycles. The highest BCUT2D eigenvalue weighted by atomic mass is 16.5. The van der Waals surface area contributed by atoms with Crippen LogP contribution in [0.15, 0.2) is 84.3 Å². The number of nitrogens with zero attached hydrogens (tertiary/aromatic N) is 2. The molecule has 0 N–H and O–H groups in total. The molecule has 0 fully saturated rings. The zero-order valence-corrected chi connectivity index (χ0v) is 16.8. The lowest BCUT2D eigenvalue weighted by atomic mass is 10.1. The van der Waals surface area contributed by atoms with Gasteiger partial charge in [-0.25, -0.2) is 0 Å². The van der Waals surface area contributed by atoms with E-state index in [0.29, 0.717) is 11.5 Å². The fraction of sp³-hybridized carbons (Fsp3) is 0.292. The Bertz CT molecular complexity index is 839. The SMILES string of the molecule is CCN(CC)C1=C(\Oc2ccccc2)C(=O)N(c2ccccc2)C(C)C\C=C\1. The van der Waals surface area contributed by atoms with Crippen LogP contribution in [-0.2, 0) is 4.79 Å². The number of carbonyl (C=O) groups is 1. The van der Waals surface area contributed by atoms with Crippen molar-refractivity contribution in [2.45, 2.75) is 33.2 Å². The minimum atomic E-state index is -0.117. The molecule has 2 aromatic rings. The number of hydrogen-bond acceptors (Lipinski definition) is 3. The van der Waals surface area contributed by atoms with Crippen molar-refractivity contribution in [2.24, 2.45) is 0 Å². The number of rotatable bonds is 6. The first kappa shape index (κ1) is 19.7. The second kappa shape index (κ2) is 9.27. The van der Waals surface area contributed by atoms with Crippen LogP contribution in [0.3, 0.4) is 0 Å². The summed E-state index contributed by atoms with van der Waals surface area (Å²) in [6, 6.07) is 19.3. The summed E-state index contributed by atoms with van der Waals surface area (Å²) in [6.07, 6.45) is 4.95. The summed E-state index contributed by atoms with van der Waals surface area (Å²) in [5.41, 5.74) is 1.70. The molecule has 0 spiro atoms. The summed E-state index contributed by atoms with van der Waals surface area (Å²) in [6.45, 7) is 7.84. The second-order valence-corrected chi connectivity index (χ2v) is 6.80. The molecule has 1 heterocycles. The van der Waals surface area contributed by atoms with E-state index in [2.05, 4.69) is 31.7 Å². The second-order valence-electron chi connectivity index (χ2n) is 6.80. The van der Waals surface area contributed by atoms with Gasteiger partial charge in [0.25, 0.3) is 5.91 Å². The molecule has 4 heteroatoms. The third kappa shape index (κ3) is 4.28. The van der Waals surface area contributed by atoms with Crippen molar-refractivity contribution in [3.63, 3.8) is 0 Å². The maximum Gasteiger partial charge on any atom is 0.296 e. The van der Waals surface area contributed by atoms with Crippen molar-refractivity contribution in [1.82, 2.24) is 4.90 Å². The number of carbonyl (C=O) groups excluding carboxylic acids is 1. The van der Waals surface area contributed by atoms with Gasteiger partial charge in [0.2, 0.25) is 5.76 Å². The first-order valence-electron chi connectivity index (χ1n) is 9.93. The van der Waals surface area contributed by atoms with E-state index in [1.807, 2.05) is 71.6 Å². The number of benzene rings is 2. The molecule has 1 amide bonds. The summed E-state index contributed by atoms with van der Waals surface area (Å²) in [4.78, 5) is 17.7. The van der Waals surface area contributed by atoms with Crippen molar-refractivity contribution in [2.75, 3.05) is 18.0 Å². The number of allylic oxidation sites excluding steroid dienone is 1. The Morgan fingerprint density at radius 1 is 1.00 bits per heavy atom. The van der Waals surface area contributed by atoms with Crippen LogP contribution < -0.4 is 9.64 Å². The van der Waals surface area contributed by atoms with E-state index in [-0.39, 0.29) is 11.9 Å². The van der Waals surface area contributed by atoms with Crippen LogP contribution in [0, 0.1) is 0 Å². The van der Waals surface area contributed by atoms with Crippen molar-refractivity contribution in [1.29, 1.82) is 0 Å². The minimum Gasteiger partial charge on any atom is -0.449 e. The van der Waals surface area contributed by atoms with Crippen LogP contribution in [0.1, 0.15) is 27.2 Å². The van der Waals surface area contributed by atoms with Gasteiger partial charge in [-0.3, -0.25) is 4.79 Å². The Labute approximate surface area is 167 Å². The standard InChI is InChI=1S/C24H28N2O2/c1-4-25(5-2)22-18-12-13-19(3)26(20-14-8-6-9-15-20)24(27)23(22)28-21-16-10-7-11-17-21/h6-12,14-19H,4-5,13H2,1-3H3/b18-12+,23-22-. The van der Waals surface area contributed by atoms with Crippen LogP contribution in [0.2, 0.25) is 0 Å². The average molecular weight is 377 g/mol. The Balaban J connectivity index is 2.12. The first-order valence-corrected chi connectivity index (χ1v) is 9.93. The fourth-order valence-electron chi connectivity index (χ4n) is 3.45. The number of hydrogen-bond donors (Lipinski definition) is 0. The van der Waals surface area contributed by atoms with Crippen LogP contribution in [0.5, 0.6) is 5.75 Å². The zero-order valence-electron chi connectivity index (χ0n) is 16.8. The van der Waals surface area contributed by atoms with Crippen molar-refractivity contribution in [3.05, 3.63) is 84.3 Å². The number of likely N-dealkylation sites (N-methyl/N-ethyl adjacent to an activating group) is 1. The summed E-state index contributed by atoms with van der Waals surface area (Å²) in [5.74, 6) is 0.903. The topological polar surface area (TPSA) is 32.8 Å². The molecule has 0 saturated heterocycles. The molecule has 146 valence electrons. The Morgan fingerprint density at radius 3 is 2.21 bits per heavy atom. The van der Waals surface area contributed by atoms with Crippen molar-refractivity contribution < 1.29 is 9.53 Å². The highest BCUT2D eigenvalue weighted by Crippen LogP contribution is 2.28. The van der Waals surface area contributed by atoms with Gasteiger partial charge in [-0.05, 0) is 57.5 Å². The molecular weight excluding hydrogens is 348 g/mol. The fourth-order valence-corrected chi connectivity index (χ4v) is 3.45. The van der Waals surface area contributed by atoms with Gasteiger partial charge in [0.1, 0.15) is 5.75 Å². The maximum atomic E-state index is 13.7. The van der Waals surface area contributed by atoms with E-state index in [1.54, 1.807) is 0 Å². The molecule has 0 aliphatic carbocycles. The normalized spacial score (nSPS) is 21.0. The van der Waals surface area contributed by atoms with Gasteiger partial charge in [0, 0.05) is 24.8 Å². The molecular formula is C24H28N2O2. The van der Waals surface area contributed by atoms with Gasteiger partial charge >= 0.3 is 0 Å². The number of anilines is 1. The van der Waals surface area contributed by atoms with Crippen LogP contribution in [0.4, 0.5) is 5.69 Å². The van der Waals surface area contributed by atoms with E-state index >= 15 is 0 Å². The molecule has 4 nitrogen and oxygen atoms in total. The van der Waals surface area contributed by atoms with Crippen LogP contribution >= 0.6 is 0 Å². The van der Waals surface area contributed by atoms with Crippen LogP contribution in [0.25, 0.3) is 0 Å². The van der Waals surface area contributed by atoms with Crippen molar-refractivity contribution in [3.8, 4) is 5.75 Å². The van der Waals surface area contributed by atoms with Gasteiger partial charge in [-0.15, -0.1) is 0 Å². The van der Waals surface area contributed by atoms with Gasteiger partial charge in [0.15, 0.2) is 0 Å². The van der Waals surface area contributed by atoms with Gasteiger partial charge in [0.05, 0.1) is 5.70 Å². The van der Waals surface area contributed by atoms with Crippen LogP contribution in [-0.4, -0.2) is 29.9 Å². The minimum absolute atomic E-state index is 0.0266. The third-order valence-electron chi connectivity index (χ3n) is 4.94. The van der Waals surface area contributed by atoms with E-state index in [0.717, 1.165) is 30.9 Å². The summed E-state index contributed by atoms with van der Waals surface area (Å²) in [5, 5.41) is 0. The Hall–Kier alpha value is -3.01. The predicted octanol–water partition coefficient (Wildman–Crippen LogP) is 5.00. The molecule has 2 aromatic carbocycles. The highest BCUT2D eigenvalue weighted by Gasteiger charge is 2.30.